The maximum atomic E-state index is 12.1. The molecule has 27 heavy (non-hydrogen) atoms. The van der Waals surface area contributed by atoms with E-state index in [9.17, 15) is 4.79 Å². The highest BCUT2D eigenvalue weighted by atomic mass is 79.9. The summed E-state index contributed by atoms with van der Waals surface area (Å²) >= 11 is 10.3. The first-order chi connectivity index (χ1) is 12.9. The standard InChI is InChI=1S/C20H19Br3N2O2/c1-12(14-7-6-13-4-2-3-5-15(13)8-14)24-25-19(26)11-27-20-17(22)9-16(21)10-18(20)23/h6-10H,2-5,11H2,1H3,(H,25,26)/b24-12+. The maximum Gasteiger partial charge on any atom is 0.277 e. The predicted octanol–water partition coefficient (Wildman–Crippen LogP) is 5.77. The summed E-state index contributed by atoms with van der Waals surface area (Å²) in [6.07, 6.45) is 4.77. The molecule has 0 saturated carbocycles. The summed E-state index contributed by atoms with van der Waals surface area (Å²) in [6, 6.07) is 10.1. The van der Waals surface area contributed by atoms with Crippen LogP contribution < -0.4 is 10.2 Å². The third-order valence-electron chi connectivity index (χ3n) is 4.43. The zero-order chi connectivity index (χ0) is 19.4. The lowest BCUT2D eigenvalue weighted by Gasteiger charge is -2.16. The Kier molecular flexibility index (Phi) is 7.11. The molecule has 1 aliphatic carbocycles. The van der Waals surface area contributed by atoms with E-state index in [1.165, 1.54) is 24.0 Å². The molecule has 1 N–H and O–H groups in total. The summed E-state index contributed by atoms with van der Waals surface area (Å²) in [7, 11) is 0. The van der Waals surface area contributed by atoms with Gasteiger partial charge in [0.1, 0.15) is 5.75 Å². The summed E-state index contributed by atoms with van der Waals surface area (Å²) in [5, 5.41) is 4.22. The van der Waals surface area contributed by atoms with E-state index in [2.05, 4.69) is 76.5 Å². The lowest BCUT2D eigenvalue weighted by atomic mass is 9.90. The average Bonchev–Trinajstić information content (AvgIpc) is 2.64. The summed E-state index contributed by atoms with van der Waals surface area (Å²) in [6.45, 7) is 1.77. The largest absolute Gasteiger partial charge is 0.481 e. The average molecular weight is 559 g/mol. The van der Waals surface area contributed by atoms with Crippen LogP contribution in [0.1, 0.15) is 36.5 Å². The van der Waals surface area contributed by atoms with Crippen LogP contribution in [0.15, 0.2) is 48.9 Å². The normalized spacial score (nSPS) is 13.9. The van der Waals surface area contributed by atoms with Crippen LogP contribution in [-0.4, -0.2) is 18.2 Å². The van der Waals surface area contributed by atoms with E-state index < -0.39 is 0 Å². The molecule has 2 aromatic carbocycles. The minimum Gasteiger partial charge on any atom is -0.481 e. The second kappa shape index (κ2) is 9.34. The van der Waals surface area contributed by atoms with Gasteiger partial charge in [0, 0.05) is 4.47 Å². The van der Waals surface area contributed by atoms with Crippen LogP contribution in [0, 0.1) is 0 Å². The van der Waals surface area contributed by atoms with Crippen LogP contribution in [0.3, 0.4) is 0 Å². The predicted molar refractivity (Wildman–Crippen MR) is 118 cm³/mol. The van der Waals surface area contributed by atoms with Crippen molar-refractivity contribution in [2.75, 3.05) is 6.61 Å². The fraction of sp³-hybridized carbons (Fsp3) is 0.300. The smallest absolute Gasteiger partial charge is 0.277 e. The SMILES string of the molecule is C/C(=N\NC(=O)COc1c(Br)cc(Br)cc1Br)c1ccc2c(c1)CCCC2. The van der Waals surface area contributed by atoms with Gasteiger partial charge in [-0.15, -0.1) is 0 Å². The van der Waals surface area contributed by atoms with Gasteiger partial charge in [-0.2, -0.15) is 5.10 Å². The van der Waals surface area contributed by atoms with Gasteiger partial charge in [0.25, 0.3) is 5.91 Å². The molecule has 2 aromatic rings. The number of carbonyl (C=O) groups is 1. The van der Waals surface area contributed by atoms with Crippen molar-refractivity contribution in [1.82, 2.24) is 5.43 Å². The van der Waals surface area contributed by atoms with E-state index in [0.29, 0.717) is 5.75 Å². The Morgan fingerprint density at radius 3 is 2.44 bits per heavy atom. The van der Waals surface area contributed by atoms with E-state index in [4.69, 9.17) is 4.74 Å². The fourth-order valence-corrected chi connectivity index (χ4v) is 5.49. The van der Waals surface area contributed by atoms with Crippen molar-refractivity contribution < 1.29 is 9.53 Å². The van der Waals surface area contributed by atoms with Crippen molar-refractivity contribution >= 4 is 59.4 Å². The molecular formula is C20H19Br3N2O2. The number of carbonyl (C=O) groups excluding carboxylic acids is 1. The molecule has 0 aliphatic heterocycles. The number of ether oxygens (including phenoxy) is 1. The van der Waals surface area contributed by atoms with Crippen molar-refractivity contribution in [3.8, 4) is 5.75 Å². The molecular weight excluding hydrogens is 540 g/mol. The third kappa shape index (κ3) is 5.42. The van der Waals surface area contributed by atoms with Gasteiger partial charge in [0.15, 0.2) is 6.61 Å². The molecule has 0 bridgehead atoms. The second-order valence-corrected chi connectivity index (χ2v) is 9.03. The molecule has 1 amide bonds. The molecule has 4 nitrogen and oxygen atoms in total. The molecule has 0 radical (unpaired) electrons. The molecule has 0 atom stereocenters. The van der Waals surface area contributed by atoms with Crippen molar-refractivity contribution in [2.24, 2.45) is 5.10 Å². The zero-order valence-corrected chi connectivity index (χ0v) is 19.6. The minimum absolute atomic E-state index is 0.125. The first-order valence-electron chi connectivity index (χ1n) is 8.66. The number of nitrogens with one attached hydrogen (secondary N) is 1. The molecule has 7 heteroatoms. The van der Waals surface area contributed by atoms with Crippen LogP contribution in [0.2, 0.25) is 0 Å². The summed E-state index contributed by atoms with van der Waals surface area (Å²) < 4.78 is 8.02. The van der Waals surface area contributed by atoms with Gasteiger partial charge in [-0.25, -0.2) is 5.43 Å². The van der Waals surface area contributed by atoms with Gasteiger partial charge in [-0.05, 0) is 99.4 Å². The van der Waals surface area contributed by atoms with Gasteiger partial charge in [-0.3, -0.25) is 4.79 Å². The first kappa shape index (κ1) is 20.6. The number of nitrogens with zero attached hydrogens (tertiary/aromatic N) is 1. The number of hydrogen-bond donors (Lipinski definition) is 1. The highest BCUT2D eigenvalue weighted by Gasteiger charge is 2.12. The van der Waals surface area contributed by atoms with Gasteiger partial charge >= 0.3 is 0 Å². The molecule has 142 valence electrons. The molecule has 1 aliphatic rings. The second-order valence-electron chi connectivity index (χ2n) is 6.41. The zero-order valence-electron chi connectivity index (χ0n) is 14.8. The van der Waals surface area contributed by atoms with Crippen molar-refractivity contribution in [3.63, 3.8) is 0 Å². The van der Waals surface area contributed by atoms with Gasteiger partial charge in [0.05, 0.1) is 14.7 Å². The van der Waals surface area contributed by atoms with Crippen molar-refractivity contribution in [1.29, 1.82) is 0 Å². The molecule has 0 fully saturated rings. The Labute approximate surface area is 184 Å². The van der Waals surface area contributed by atoms with E-state index in [1.54, 1.807) is 0 Å². The maximum absolute atomic E-state index is 12.1. The number of aryl methyl sites for hydroxylation is 2. The topological polar surface area (TPSA) is 50.7 Å². The fourth-order valence-electron chi connectivity index (χ4n) is 3.01. The number of amides is 1. The molecule has 0 heterocycles. The Hall–Kier alpha value is -1.18. The van der Waals surface area contributed by atoms with Crippen LogP contribution in [0.5, 0.6) is 5.75 Å². The van der Waals surface area contributed by atoms with Crippen LogP contribution in [0.4, 0.5) is 0 Å². The molecule has 0 saturated heterocycles. The number of hydrogen-bond acceptors (Lipinski definition) is 3. The lowest BCUT2D eigenvalue weighted by molar-refractivity contribution is -0.123. The minimum atomic E-state index is -0.311. The van der Waals surface area contributed by atoms with Crippen LogP contribution in [0.25, 0.3) is 0 Å². The molecule has 0 unspecified atom stereocenters. The van der Waals surface area contributed by atoms with E-state index in [0.717, 1.165) is 37.5 Å². The summed E-state index contributed by atoms with van der Waals surface area (Å²) in [5.41, 5.74) is 7.21. The van der Waals surface area contributed by atoms with E-state index in [-0.39, 0.29) is 12.5 Å². The highest BCUT2D eigenvalue weighted by Crippen LogP contribution is 2.36. The monoisotopic (exact) mass is 556 g/mol. The number of hydrazone groups is 1. The summed E-state index contributed by atoms with van der Waals surface area (Å²) in [4.78, 5) is 12.1. The number of halogens is 3. The van der Waals surface area contributed by atoms with Crippen molar-refractivity contribution in [3.05, 3.63) is 60.4 Å². The Bertz CT molecular complexity index is 874. The van der Waals surface area contributed by atoms with Gasteiger partial charge in [-0.1, -0.05) is 28.1 Å². The number of rotatable bonds is 5. The number of fused-ring (bicyclic) bond motifs is 1. The van der Waals surface area contributed by atoms with Gasteiger partial charge in [0.2, 0.25) is 0 Å². The highest BCUT2D eigenvalue weighted by molar-refractivity contribution is 9.11. The Balaban J connectivity index is 1.60. The molecule has 0 spiro atoms. The lowest BCUT2D eigenvalue weighted by Crippen LogP contribution is -2.25. The van der Waals surface area contributed by atoms with Crippen LogP contribution >= 0.6 is 47.8 Å². The van der Waals surface area contributed by atoms with Crippen LogP contribution in [-0.2, 0) is 17.6 Å². The summed E-state index contributed by atoms with van der Waals surface area (Å²) in [5.74, 6) is 0.262. The van der Waals surface area contributed by atoms with E-state index in [1.807, 2.05) is 19.1 Å². The van der Waals surface area contributed by atoms with Gasteiger partial charge < -0.3 is 4.74 Å². The molecule has 0 aromatic heterocycles. The third-order valence-corrected chi connectivity index (χ3v) is 6.06. The van der Waals surface area contributed by atoms with E-state index >= 15 is 0 Å². The first-order valence-corrected chi connectivity index (χ1v) is 11.0. The number of benzene rings is 2. The molecule has 3 rings (SSSR count). The Morgan fingerprint density at radius 2 is 1.74 bits per heavy atom. The Morgan fingerprint density at radius 1 is 1.07 bits per heavy atom. The quantitative estimate of drug-likeness (QED) is 0.374. The van der Waals surface area contributed by atoms with Crippen molar-refractivity contribution in [2.45, 2.75) is 32.6 Å².